The van der Waals surface area contributed by atoms with Crippen LogP contribution in [0.15, 0.2) is 27.4 Å². The van der Waals surface area contributed by atoms with Gasteiger partial charge in [0.1, 0.15) is 16.9 Å². The van der Waals surface area contributed by atoms with Gasteiger partial charge in [0.2, 0.25) is 0 Å². The van der Waals surface area contributed by atoms with Crippen LogP contribution in [-0.2, 0) is 4.79 Å². The Morgan fingerprint density at radius 1 is 1.44 bits per heavy atom. The number of nitriles is 1. The van der Waals surface area contributed by atoms with E-state index in [2.05, 4.69) is 11.4 Å². The average Bonchev–Trinajstić information content (AvgIpc) is 2.53. The van der Waals surface area contributed by atoms with E-state index in [9.17, 15) is 14.9 Å². The van der Waals surface area contributed by atoms with Crippen molar-refractivity contribution >= 4 is 28.5 Å². The van der Waals surface area contributed by atoms with Crippen molar-refractivity contribution in [3.8, 4) is 11.8 Å². The summed E-state index contributed by atoms with van der Waals surface area (Å²) in [6.07, 6.45) is 0. The highest BCUT2D eigenvalue weighted by Gasteiger charge is 2.30. The maximum absolute atomic E-state index is 12.1. The summed E-state index contributed by atoms with van der Waals surface area (Å²) in [6.45, 7) is 6.79. The van der Waals surface area contributed by atoms with Gasteiger partial charge in [0.25, 0.3) is 5.91 Å². The molecule has 0 fully saturated rings. The standard InChI is InChI=1S/C18H19ClN2O4/c1-10(2)18(4,9-20)21-16(22)8-24-15-7-14-12(6-13(15)19)11(3)5-17(23)25-14/h5-7,10H,8H2,1-4H3,(H,21,22)/t18-/m1/s1. The lowest BCUT2D eigenvalue weighted by atomic mass is 9.90. The number of carbonyl (C=O) groups excluding carboxylic acids is 1. The Morgan fingerprint density at radius 2 is 2.12 bits per heavy atom. The fourth-order valence-electron chi connectivity index (χ4n) is 2.20. The molecule has 0 aliphatic heterocycles. The molecule has 0 unspecified atom stereocenters. The monoisotopic (exact) mass is 362 g/mol. The Morgan fingerprint density at radius 3 is 2.72 bits per heavy atom. The summed E-state index contributed by atoms with van der Waals surface area (Å²) >= 11 is 6.18. The van der Waals surface area contributed by atoms with Gasteiger partial charge in [-0.3, -0.25) is 4.79 Å². The molecule has 1 N–H and O–H groups in total. The molecule has 2 aromatic rings. The molecule has 1 amide bonds. The van der Waals surface area contributed by atoms with Crippen LogP contribution in [0.1, 0.15) is 26.3 Å². The van der Waals surface area contributed by atoms with Crippen molar-refractivity contribution in [1.82, 2.24) is 5.32 Å². The Bertz CT molecular complexity index is 914. The van der Waals surface area contributed by atoms with Gasteiger partial charge in [0.05, 0.1) is 11.1 Å². The number of benzene rings is 1. The Kier molecular flexibility index (Phi) is 5.39. The van der Waals surface area contributed by atoms with Gasteiger partial charge in [-0.15, -0.1) is 0 Å². The summed E-state index contributed by atoms with van der Waals surface area (Å²) in [5.74, 6) is -0.288. The third-order valence-electron chi connectivity index (χ3n) is 4.15. The molecule has 2 rings (SSSR count). The van der Waals surface area contributed by atoms with Crippen LogP contribution in [0.3, 0.4) is 0 Å². The van der Waals surface area contributed by atoms with Crippen molar-refractivity contribution in [2.75, 3.05) is 6.61 Å². The van der Waals surface area contributed by atoms with Crippen LogP contribution in [0.25, 0.3) is 11.0 Å². The lowest BCUT2D eigenvalue weighted by molar-refractivity contribution is -0.124. The highest BCUT2D eigenvalue weighted by Crippen LogP contribution is 2.31. The predicted octanol–water partition coefficient (Wildman–Crippen LogP) is 3.19. The maximum Gasteiger partial charge on any atom is 0.336 e. The topological polar surface area (TPSA) is 92.3 Å². The predicted molar refractivity (Wildman–Crippen MR) is 94.7 cm³/mol. The smallest absolute Gasteiger partial charge is 0.336 e. The molecule has 132 valence electrons. The van der Waals surface area contributed by atoms with Crippen LogP contribution in [0.5, 0.6) is 5.75 Å². The van der Waals surface area contributed by atoms with E-state index in [0.717, 1.165) is 5.56 Å². The number of carbonyl (C=O) groups is 1. The van der Waals surface area contributed by atoms with Gasteiger partial charge < -0.3 is 14.5 Å². The molecule has 0 bridgehead atoms. The average molecular weight is 363 g/mol. The van der Waals surface area contributed by atoms with E-state index in [0.29, 0.717) is 16.0 Å². The first-order valence-corrected chi connectivity index (χ1v) is 8.13. The van der Waals surface area contributed by atoms with Crippen LogP contribution >= 0.6 is 11.6 Å². The second kappa shape index (κ2) is 7.16. The van der Waals surface area contributed by atoms with Gasteiger partial charge in [0, 0.05) is 17.5 Å². The third kappa shape index (κ3) is 4.12. The number of halogens is 1. The number of hydrogen-bond donors (Lipinski definition) is 1. The second-order valence-electron chi connectivity index (χ2n) is 6.33. The van der Waals surface area contributed by atoms with Crippen LogP contribution in [0.4, 0.5) is 0 Å². The summed E-state index contributed by atoms with van der Waals surface area (Å²) < 4.78 is 10.6. The molecule has 1 aromatic carbocycles. The first-order chi connectivity index (χ1) is 11.7. The third-order valence-corrected chi connectivity index (χ3v) is 4.44. The van der Waals surface area contributed by atoms with E-state index in [1.54, 1.807) is 19.9 Å². The highest BCUT2D eigenvalue weighted by molar-refractivity contribution is 6.32. The lowest BCUT2D eigenvalue weighted by Crippen LogP contribution is -2.50. The van der Waals surface area contributed by atoms with E-state index in [1.165, 1.54) is 12.1 Å². The number of aryl methyl sites for hydroxylation is 1. The Hall–Kier alpha value is -2.52. The van der Waals surface area contributed by atoms with Crippen LogP contribution in [-0.4, -0.2) is 18.1 Å². The van der Waals surface area contributed by atoms with E-state index >= 15 is 0 Å². The zero-order chi connectivity index (χ0) is 18.8. The van der Waals surface area contributed by atoms with Crippen molar-refractivity contribution in [2.24, 2.45) is 5.92 Å². The number of hydrogen-bond acceptors (Lipinski definition) is 5. The molecule has 0 radical (unpaired) electrons. The quantitative estimate of drug-likeness (QED) is 0.824. The number of rotatable bonds is 5. The molecular formula is C18H19ClN2O4. The zero-order valence-electron chi connectivity index (χ0n) is 14.5. The first kappa shape index (κ1) is 18.8. The SMILES string of the molecule is Cc1cc(=O)oc2cc(OCC(=O)N[C@](C)(C#N)C(C)C)c(Cl)cc12. The minimum absolute atomic E-state index is 0.0667. The molecule has 0 saturated heterocycles. The van der Waals surface area contributed by atoms with Gasteiger partial charge in [-0.1, -0.05) is 25.4 Å². The molecule has 0 aliphatic rings. The summed E-state index contributed by atoms with van der Waals surface area (Å²) in [5.41, 5.74) is -0.400. The summed E-state index contributed by atoms with van der Waals surface area (Å²) in [7, 11) is 0. The van der Waals surface area contributed by atoms with Crippen LogP contribution < -0.4 is 15.7 Å². The summed E-state index contributed by atoms with van der Waals surface area (Å²) in [6, 6.07) is 6.57. The first-order valence-electron chi connectivity index (χ1n) is 7.75. The van der Waals surface area contributed by atoms with Crippen LogP contribution in [0, 0.1) is 24.2 Å². The number of nitrogens with one attached hydrogen (secondary N) is 1. The normalized spacial score (nSPS) is 13.3. The molecule has 1 aromatic heterocycles. The van der Waals surface area contributed by atoms with Gasteiger partial charge in [-0.25, -0.2) is 4.79 Å². The second-order valence-corrected chi connectivity index (χ2v) is 6.74. The minimum atomic E-state index is -0.989. The number of fused-ring (bicyclic) bond motifs is 1. The molecule has 0 aliphatic carbocycles. The van der Waals surface area contributed by atoms with Crippen molar-refractivity contribution < 1.29 is 13.9 Å². The minimum Gasteiger partial charge on any atom is -0.482 e. The summed E-state index contributed by atoms with van der Waals surface area (Å²) in [4.78, 5) is 23.6. The van der Waals surface area contributed by atoms with Gasteiger partial charge >= 0.3 is 5.63 Å². The van der Waals surface area contributed by atoms with Crippen molar-refractivity contribution in [3.05, 3.63) is 39.2 Å². The fourth-order valence-corrected chi connectivity index (χ4v) is 2.42. The fraction of sp³-hybridized carbons (Fsp3) is 0.389. The molecule has 0 saturated carbocycles. The highest BCUT2D eigenvalue weighted by atomic mass is 35.5. The molecule has 6 nitrogen and oxygen atoms in total. The number of amides is 1. The molecular weight excluding hydrogens is 344 g/mol. The largest absolute Gasteiger partial charge is 0.482 e. The van der Waals surface area contributed by atoms with Gasteiger partial charge in [-0.05, 0) is 31.4 Å². The number of ether oxygens (including phenoxy) is 1. The molecule has 25 heavy (non-hydrogen) atoms. The van der Waals surface area contributed by atoms with E-state index < -0.39 is 17.1 Å². The molecule has 0 spiro atoms. The molecule has 1 atom stereocenters. The van der Waals surface area contributed by atoms with E-state index in [-0.39, 0.29) is 18.3 Å². The summed E-state index contributed by atoms with van der Waals surface area (Å²) in [5, 5.41) is 12.9. The number of nitrogens with zero attached hydrogens (tertiary/aromatic N) is 1. The van der Waals surface area contributed by atoms with Crippen molar-refractivity contribution in [1.29, 1.82) is 5.26 Å². The van der Waals surface area contributed by atoms with Gasteiger partial charge in [-0.2, -0.15) is 5.26 Å². The van der Waals surface area contributed by atoms with Crippen LogP contribution in [0.2, 0.25) is 5.02 Å². The van der Waals surface area contributed by atoms with E-state index in [4.69, 9.17) is 20.8 Å². The molecule has 7 heteroatoms. The van der Waals surface area contributed by atoms with Gasteiger partial charge in [0.15, 0.2) is 6.61 Å². The van der Waals surface area contributed by atoms with Crippen molar-refractivity contribution in [3.63, 3.8) is 0 Å². The Labute approximate surface area is 150 Å². The molecule has 1 heterocycles. The maximum atomic E-state index is 12.1. The Balaban J connectivity index is 2.18. The van der Waals surface area contributed by atoms with Crippen molar-refractivity contribution in [2.45, 2.75) is 33.2 Å². The zero-order valence-corrected chi connectivity index (χ0v) is 15.2. The lowest BCUT2D eigenvalue weighted by Gasteiger charge is -2.27. The van der Waals surface area contributed by atoms with E-state index in [1.807, 2.05) is 13.8 Å².